The first-order chi connectivity index (χ1) is 8.58. The Kier molecular flexibility index (Phi) is 6.72. The molecule has 1 aromatic carbocycles. The summed E-state index contributed by atoms with van der Waals surface area (Å²) < 4.78 is 6.95. The Morgan fingerprint density at radius 2 is 1.72 bits per heavy atom. The normalized spacial score (nSPS) is 11.0. The first kappa shape index (κ1) is 15.5. The lowest BCUT2D eigenvalue weighted by molar-refractivity contribution is 0.302. The molecule has 1 aromatic rings. The van der Waals surface area contributed by atoms with Crippen LogP contribution < -0.4 is 10.1 Å². The van der Waals surface area contributed by atoms with Crippen LogP contribution in [-0.2, 0) is 0 Å². The number of ether oxygens (including phenoxy) is 1. The summed E-state index contributed by atoms with van der Waals surface area (Å²) in [6.07, 6.45) is 2.35. The second-order valence-corrected chi connectivity index (χ2v) is 5.48. The van der Waals surface area contributed by atoms with Crippen LogP contribution in [0.15, 0.2) is 16.6 Å². The molecule has 3 heteroatoms. The van der Waals surface area contributed by atoms with Gasteiger partial charge in [0.15, 0.2) is 0 Å². The van der Waals surface area contributed by atoms with E-state index < -0.39 is 0 Å². The Balaban J connectivity index is 2.40. The fourth-order valence-electron chi connectivity index (χ4n) is 2.00. The van der Waals surface area contributed by atoms with E-state index in [1.807, 2.05) is 0 Å². The molecule has 0 aliphatic rings. The van der Waals surface area contributed by atoms with Crippen molar-refractivity contribution in [3.8, 4) is 5.75 Å². The summed E-state index contributed by atoms with van der Waals surface area (Å²) in [5.41, 5.74) is 2.44. The number of nitrogens with one attached hydrogen (secondary N) is 1. The smallest absolute Gasteiger partial charge is 0.119 e. The van der Waals surface area contributed by atoms with E-state index in [2.05, 4.69) is 61.1 Å². The van der Waals surface area contributed by atoms with Gasteiger partial charge in [0, 0.05) is 17.1 Å². The molecule has 0 fully saturated rings. The summed E-state index contributed by atoms with van der Waals surface area (Å²) in [6.45, 7) is 10.2. The Morgan fingerprint density at radius 3 is 2.22 bits per heavy atom. The first-order valence-electron chi connectivity index (χ1n) is 6.71. The van der Waals surface area contributed by atoms with Crippen molar-refractivity contribution < 1.29 is 4.74 Å². The Hall–Kier alpha value is -0.540. The van der Waals surface area contributed by atoms with Crippen LogP contribution in [0.25, 0.3) is 0 Å². The van der Waals surface area contributed by atoms with Gasteiger partial charge in [-0.15, -0.1) is 0 Å². The molecule has 0 aromatic heterocycles. The average Bonchev–Trinajstić information content (AvgIpc) is 2.36. The van der Waals surface area contributed by atoms with E-state index in [0.717, 1.165) is 18.9 Å². The standard InChI is InChI=1S/C15H24BrNO/c1-5-13(6-2)17-7-8-18-14-9-11(3)15(16)12(4)10-14/h9-10,13,17H,5-8H2,1-4H3. The molecule has 102 valence electrons. The lowest BCUT2D eigenvalue weighted by atomic mass is 10.1. The molecule has 0 bridgehead atoms. The number of hydrogen-bond acceptors (Lipinski definition) is 2. The molecule has 18 heavy (non-hydrogen) atoms. The molecular formula is C15H24BrNO. The quantitative estimate of drug-likeness (QED) is 0.761. The van der Waals surface area contributed by atoms with Gasteiger partial charge in [0.1, 0.15) is 12.4 Å². The van der Waals surface area contributed by atoms with Crippen LogP contribution in [0.2, 0.25) is 0 Å². The highest BCUT2D eigenvalue weighted by molar-refractivity contribution is 9.10. The van der Waals surface area contributed by atoms with Gasteiger partial charge in [-0.1, -0.05) is 29.8 Å². The van der Waals surface area contributed by atoms with Crippen LogP contribution in [0.1, 0.15) is 37.8 Å². The van der Waals surface area contributed by atoms with Crippen LogP contribution in [0.4, 0.5) is 0 Å². The van der Waals surface area contributed by atoms with Crippen molar-refractivity contribution in [2.24, 2.45) is 0 Å². The van der Waals surface area contributed by atoms with Gasteiger partial charge < -0.3 is 10.1 Å². The third-order valence-electron chi connectivity index (χ3n) is 3.20. The molecule has 0 radical (unpaired) electrons. The first-order valence-corrected chi connectivity index (χ1v) is 7.50. The third kappa shape index (κ3) is 4.62. The van der Waals surface area contributed by atoms with E-state index >= 15 is 0 Å². The SMILES string of the molecule is CCC(CC)NCCOc1cc(C)c(Br)c(C)c1. The topological polar surface area (TPSA) is 21.3 Å². The fraction of sp³-hybridized carbons (Fsp3) is 0.600. The van der Waals surface area contributed by atoms with Crippen molar-refractivity contribution in [1.29, 1.82) is 0 Å². The molecular weight excluding hydrogens is 290 g/mol. The minimum Gasteiger partial charge on any atom is -0.492 e. The molecule has 0 aliphatic heterocycles. The van der Waals surface area contributed by atoms with Crippen LogP contribution in [0, 0.1) is 13.8 Å². The lowest BCUT2D eigenvalue weighted by Crippen LogP contribution is -2.31. The third-order valence-corrected chi connectivity index (χ3v) is 4.45. The van der Waals surface area contributed by atoms with Crippen LogP contribution in [0.3, 0.4) is 0 Å². The molecule has 1 N–H and O–H groups in total. The Bertz CT molecular complexity index is 352. The van der Waals surface area contributed by atoms with E-state index in [0.29, 0.717) is 6.04 Å². The lowest BCUT2D eigenvalue weighted by Gasteiger charge is -2.15. The molecule has 0 saturated carbocycles. The second-order valence-electron chi connectivity index (χ2n) is 4.69. The summed E-state index contributed by atoms with van der Waals surface area (Å²) in [5.74, 6) is 0.958. The zero-order valence-corrected chi connectivity index (χ0v) is 13.4. The van der Waals surface area contributed by atoms with Crippen molar-refractivity contribution in [3.63, 3.8) is 0 Å². The molecule has 0 atom stereocenters. The van der Waals surface area contributed by atoms with Crippen LogP contribution in [0.5, 0.6) is 5.75 Å². The molecule has 1 rings (SSSR count). The Labute approximate surface area is 119 Å². The molecule has 0 heterocycles. The van der Waals surface area contributed by atoms with Crippen LogP contribution >= 0.6 is 15.9 Å². The number of hydrogen-bond donors (Lipinski definition) is 1. The van der Waals surface area contributed by atoms with E-state index in [4.69, 9.17) is 4.74 Å². The molecule has 0 spiro atoms. The number of halogens is 1. The zero-order chi connectivity index (χ0) is 13.5. The van der Waals surface area contributed by atoms with Crippen molar-refractivity contribution >= 4 is 15.9 Å². The van der Waals surface area contributed by atoms with Crippen molar-refractivity contribution in [3.05, 3.63) is 27.7 Å². The monoisotopic (exact) mass is 313 g/mol. The summed E-state index contributed by atoms with van der Waals surface area (Å²) >= 11 is 3.56. The van der Waals surface area contributed by atoms with Gasteiger partial charge in [-0.05, 0) is 49.9 Å². The van der Waals surface area contributed by atoms with Gasteiger partial charge in [0.05, 0.1) is 0 Å². The molecule has 2 nitrogen and oxygen atoms in total. The van der Waals surface area contributed by atoms with Gasteiger partial charge in [0.2, 0.25) is 0 Å². The minimum atomic E-state index is 0.613. The predicted molar refractivity (Wildman–Crippen MR) is 81.5 cm³/mol. The number of aryl methyl sites for hydroxylation is 2. The van der Waals surface area contributed by atoms with Crippen molar-refractivity contribution in [1.82, 2.24) is 5.32 Å². The molecule has 0 saturated heterocycles. The van der Waals surface area contributed by atoms with Gasteiger partial charge >= 0.3 is 0 Å². The van der Waals surface area contributed by atoms with E-state index in [-0.39, 0.29) is 0 Å². The molecule has 0 unspecified atom stereocenters. The maximum Gasteiger partial charge on any atom is 0.119 e. The maximum atomic E-state index is 5.78. The summed E-state index contributed by atoms with van der Waals surface area (Å²) in [6, 6.07) is 4.77. The van der Waals surface area contributed by atoms with E-state index in [9.17, 15) is 0 Å². The highest BCUT2D eigenvalue weighted by Gasteiger charge is 2.04. The largest absolute Gasteiger partial charge is 0.492 e. The highest BCUT2D eigenvalue weighted by Crippen LogP contribution is 2.26. The molecule has 0 aliphatic carbocycles. The van der Waals surface area contributed by atoms with Gasteiger partial charge in [-0.3, -0.25) is 0 Å². The summed E-state index contributed by atoms with van der Waals surface area (Å²) in [4.78, 5) is 0. The number of benzene rings is 1. The van der Waals surface area contributed by atoms with Crippen molar-refractivity contribution in [2.45, 2.75) is 46.6 Å². The van der Waals surface area contributed by atoms with Gasteiger partial charge in [-0.25, -0.2) is 0 Å². The summed E-state index contributed by atoms with van der Waals surface area (Å²) in [7, 11) is 0. The predicted octanol–water partition coefficient (Wildman–Crippen LogP) is 4.22. The molecule has 0 amide bonds. The van der Waals surface area contributed by atoms with Crippen molar-refractivity contribution in [2.75, 3.05) is 13.2 Å². The van der Waals surface area contributed by atoms with E-state index in [1.54, 1.807) is 0 Å². The summed E-state index contributed by atoms with van der Waals surface area (Å²) in [5, 5.41) is 3.50. The Morgan fingerprint density at radius 1 is 1.17 bits per heavy atom. The number of rotatable bonds is 7. The van der Waals surface area contributed by atoms with E-state index in [1.165, 1.54) is 28.4 Å². The van der Waals surface area contributed by atoms with Gasteiger partial charge in [-0.2, -0.15) is 0 Å². The van der Waals surface area contributed by atoms with Crippen LogP contribution in [-0.4, -0.2) is 19.2 Å². The maximum absolute atomic E-state index is 5.78. The van der Waals surface area contributed by atoms with Gasteiger partial charge in [0.25, 0.3) is 0 Å². The minimum absolute atomic E-state index is 0.613. The fourth-order valence-corrected chi connectivity index (χ4v) is 2.23. The second kappa shape index (κ2) is 7.80. The zero-order valence-electron chi connectivity index (χ0n) is 11.8. The highest BCUT2D eigenvalue weighted by atomic mass is 79.9. The average molecular weight is 314 g/mol.